The molecule has 0 atom stereocenters. The van der Waals surface area contributed by atoms with Crippen molar-refractivity contribution in [3.63, 3.8) is 0 Å². The fourth-order valence-electron chi connectivity index (χ4n) is 8.50. The normalized spacial score (nSPS) is 16.5. The van der Waals surface area contributed by atoms with Gasteiger partial charge in [-0.25, -0.2) is 9.59 Å². The number of ether oxygens (including phenoxy) is 2. The fourth-order valence-corrected chi connectivity index (χ4v) is 9.65. The predicted octanol–water partition coefficient (Wildman–Crippen LogP) is 8.79. The topological polar surface area (TPSA) is 137 Å². The Hall–Kier alpha value is -6.71. The molecule has 14 nitrogen and oxygen atoms in total. The maximum Gasteiger partial charge on any atom is 0.418 e. The Labute approximate surface area is 395 Å². The van der Waals surface area contributed by atoms with Crippen molar-refractivity contribution in [3.05, 3.63) is 106 Å². The minimum Gasteiger partial charge on any atom is -0.453 e. The van der Waals surface area contributed by atoms with Gasteiger partial charge in [-0.3, -0.25) is 9.59 Å². The molecule has 21 heteroatoms. The second-order valence-corrected chi connectivity index (χ2v) is 17.2. The molecule has 2 fully saturated rings. The first-order valence-corrected chi connectivity index (χ1v) is 22.5. The summed E-state index contributed by atoms with van der Waals surface area (Å²) in [5, 5.41) is 0. The molecule has 8 rings (SSSR count). The maximum absolute atomic E-state index is 15.8. The van der Waals surface area contributed by atoms with Gasteiger partial charge in [0.2, 0.25) is 11.8 Å². The molecule has 0 spiro atoms. The highest BCUT2D eigenvalue weighted by Crippen LogP contribution is 2.52. The average Bonchev–Trinajstić information content (AvgIpc) is 3.35. The predicted molar refractivity (Wildman–Crippen MR) is 238 cm³/mol. The number of halogens is 6. The number of benzene rings is 4. The molecular weight excluding hydrogens is 939 g/mol. The van der Waals surface area contributed by atoms with Gasteiger partial charge in [0, 0.05) is 109 Å². The Morgan fingerprint density at radius 1 is 0.551 bits per heavy atom. The highest BCUT2D eigenvalue weighted by molar-refractivity contribution is 7.99. The molecule has 69 heavy (non-hydrogen) atoms. The third-order valence-corrected chi connectivity index (χ3v) is 13.1. The molecule has 4 aliphatic rings. The van der Waals surface area contributed by atoms with Crippen LogP contribution in [0.25, 0.3) is 34.4 Å². The summed E-state index contributed by atoms with van der Waals surface area (Å²) in [4.78, 5) is 76.0. The van der Waals surface area contributed by atoms with Crippen molar-refractivity contribution < 1.29 is 74.5 Å². The van der Waals surface area contributed by atoms with Crippen molar-refractivity contribution in [3.8, 4) is 33.8 Å². The Morgan fingerprint density at radius 2 is 0.928 bits per heavy atom. The van der Waals surface area contributed by atoms with E-state index in [-0.39, 0.29) is 124 Å². The van der Waals surface area contributed by atoms with Crippen LogP contribution in [-0.4, -0.2) is 123 Å². The van der Waals surface area contributed by atoms with Gasteiger partial charge in [0.05, 0.1) is 38.6 Å². The van der Waals surface area contributed by atoms with Crippen molar-refractivity contribution in [2.24, 2.45) is 0 Å². The molecule has 364 valence electrons. The summed E-state index contributed by atoms with van der Waals surface area (Å²) < 4.78 is 105. The summed E-state index contributed by atoms with van der Waals surface area (Å²) in [5.41, 5.74) is -2.20. The van der Waals surface area contributed by atoms with Crippen LogP contribution in [0.3, 0.4) is 0 Å². The van der Waals surface area contributed by atoms with E-state index in [2.05, 4.69) is 0 Å². The zero-order chi connectivity index (χ0) is 49.0. The zero-order valence-corrected chi connectivity index (χ0v) is 37.9. The second kappa shape index (κ2) is 20.5. The van der Waals surface area contributed by atoms with Crippen LogP contribution >= 0.6 is 11.8 Å². The van der Waals surface area contributed by atoms with E-state index in [1.807, 2.05) is 0 Å². The Bertz CT molecular complexity index is 2510. The van der Waals surface area contributed by atoms with Crippen molar-refractivity contribution in [2.45, 2.75) is 35.0 Å². The van der Waals surface area contributed by atoms with Crippen molar-refractivity contribution in [1.29, 1.82) is 0 Å². The number of methoxy groups -OCH3 is 2. The lowest BCUT2D eigenvalue weighted by Gasteiger charge is -2.33. The lowest BCUT2D eigenvalue weighted by atomic mass is 9.91. The summed E-state index contributed by atoms with van der Waals surface area (Å²) in [6.45, 7) is 1.48. The van der Waals surface area contributed by atoms with Crippen LogP contribution in [0, 0.1) is 0 Å². The molecule has 4 heterocycles. The van der Waals surface area contributed by atoms with Gasteiger partial charge in [-0.2, -0.15) is 36.1 Å². The van der Waals surface area contributed by atoms with Crippen LogP contribution in [0.2, 0.25) is 0 Å². The van der Waals surface area contributed by atoms with Gasteiger partial charge < -0.3 is 38.8 Å². The number of nitrogens with zero attached hydrogens (tertiary/aromatic N) is 4. The van der Waals surface area contributed by atoms with Crippen LogP contribution < -0.4 is 9.78 Å². The number of amides is 4. The number of hydrogen-bond donors (Lipinski definition) is 0. The number of carbonyl (C=O) groups is 4. The number of rotatable bonds is 8. The van der Waals surface area contributed by atoms with E-state index in [0.29, 0.717) is 11.1 Å². The molecule has 4 aliphatic heterocycles. The molecule has 4 amide bonds. The van der Waals surface area contributed by atoms with Crippen molar-refractivity contribution in [1.82, 2.24) is 19.6 Å². The van der Waals surface area contributed by atoms with E-state index < -0.39 is 68.4 Å². The van der Waals surface area contributed by atoms with E-state index in [9.17, 15) is 19.2 Å². The first kappa shape index (κ1) is 48.7. The van der Waals surface area contributed by atoms with Gasteiger partial charge in [-0.05, 0) is 70.8 Å². The summed E-state index contributed by atoms with van der Waals surface area (Å²) in [6, 6.07) is 13.4. The molecule has 0 radical (unpaired) electrons. The number of carbonyl (C=O) groups excluding carboxylic acids is 4. The molecule has 0 unspecified atom stereocenters. The van der Waals surface area contributed by atoms with Gasteiger partial charge in [-0.1, -0.05) is 36.0 Å². The smallest absolute Gasteiger partial charge is 0.418 e. The number of piperazine rings is 2. The van der Waals surface area contributed by atoms with Crippen LogP contribution in [0.1, 0.15) is 33.4 Å². The minimum atomic E-state index is -5.15. The molecule has 4 aromatic rings. The Balaban J connectivity index is 1.23. The average molecular weight is 983 g/mol. The van der Waals surface area contributed by atoms with Crippen molar-refractivity contribution in [2.75, 3.05) is 79.8 Å². The third kappa shape index (κ3) is 10.8. The maximum atomic E-state index is 15.8. The quantitative estimate of drug-likeness (QED) is 0.0952. The highest BCUT2D eigenvalue weighted by Gasteiger charge is 2.42. The SMILES string of the molecule is COC(=O)N1CCN(C(=O)C=Cc2ccc(Sc3ccc(C=CC(=O)N4CCN(C(=O)OC)CC4)c(-c4ccc5c(c4)CCOO5)c3C(F)(F)F)c(C(F)(F)F)c2-c2ccc3c(c2)CCOO3)CC1. The van der Waals surface area contributed by atoms with Gasteiger partial charge in [0.25, 0.3) is 0 Å². The monoisotopic (exact) mass is 982 g/mol. The van der Waals surface area contributed by atoms with E-state index >= 15 is 26.3 Å². The molecule has 0 aromatic heterocycles. The number of alkyl halides is 6. The Kier molecular flexibility index (Phi) is 14.5. The van der Waals surface area contributed by atoms with Crippen LogP contribution in [0.5, 0.6) is 11.5 Å². The van der Waals surface area contributed by atoms with Crippen LogP contribution in [0.15, 0.2) is 82.6 Å². The molecular formula is C48H44F6N4O10S. The Morgan fingerprint density at radius 3 is 1.29 bits per heavy atom. The summed E-state index contributed by atoms with van der Waals surface area (Å²) >= 11 is 0.277. The first-order chi connectivity index (χ1) is 33.0. The fraction of sp³-hybridized carbons (Fsp3) is 0.333. The molecule has 2 saturated heterocycles. The summed E-state index contributed by atoms with van der Waals surface area (Å²) in [5.74, 6) is -0.505. The standard InChI is InChI=1S/C48H44F6N4O10S/c1-63-45(61)57-21-17-55(18-22-57)39(59)13-7-29-5-11-37(43(47(49,50)51)41(29)33-3-9-35-31(27-33)15-25-65-67-35)69-38-12-6-30(8-14-40(60)56-19-23-58(24-20-56)46(62)64-2)42(44(38)48(52,53)54)34-4-10-36-32(28-34)16-26-66-68-36/h3-14,27-28H,15-26H2,1-2H3. The second-order valence-electron chi connectivity index (χ2n) is 16.1. The van der Waals surface area contributed by atoms with E-state index in [0.717, 1.165) is 24.3 Å². The summed E-state index contributed by atoms with van der Waals surface area (Å²) in [7, 11) is 2.47. The molecule has 4 aromatic carbocycles. The minimum absolute atomic E-state index is 0.0463. The molecule has 0 aliphatic carbocycles. The first-order valence-electron chi connectivity index (χ1n) is 21.7. The van der Waals surface area contributed by atoms with Gasteiger partial charge >= 0.3 is 24.5 Å². The third-order valence-electron chi connectivity index (χ3n) is 12.0. The molecule has 0 N–H and O–H groups in total. The molecule has 0 saturated carbocycles. The number of hydrogen-bond acceptors (Lipinski definition) is 11. The van der Waals surface area contributed by atoms with E-state index in [1.54, 1.807) is 0 Å². The highest BCUT2D eigenvalue weighted by atomic mass is 32.2. The van der Waals surface area contributed by atoms with Crippen molar-refractivity contribution >= 4 is 47.9 Å². The number of fused-ring (bicyclic) bond motifs is 2. The lowest BCUT2D eigenvalue weighted by molar-refractivity contribution is -0.215. The van der Waals surface area contributed by atoms with E-state index in [1.165, 1.54) is 94.5 Å². The van der Waals surface area contributed by atoms with Crippen LogP contribution in [0.4, 0.5) is 35.9 Å². The van der Waals surface area contributed by atoms with Gasteiger partial charge in [0.1, 0.15) is 0 Å². The lowest BCUT2D eigenvalue weighted by Crippen LogP contribution is -2.50. The molecule has 0 bridgehead atoms. The van der Waals surface area contributed by atoms with E-state index in [4.69, 9.17) is 29.0 Å². The van der Waals surface area contributed by atoms with Gasteiger partial charge in [0.15, 0.2) is 11.5 Å². The largest absolute Gasteiger partial charge is 0.453 e. The zero-order valence-electron chi connectivity index (χ0n) is 37.1. The van der Waals surface area contributed by atoms with Crippen LogP contribution in [-0.2, 0) is 54.0 Å². The van der Waals surface area contributed by atoms with Gasteiger partial charge in [-0.15, -0.1) is 0 Å². The summed E-state index contributed by atoms with van der Waals surface area (Å²) in [6.07, 6.45) is -6.13.